The molecule has 0 saturated carbocycles. The highest BCUT2D eigenvalue weighted by atomic mass is 15.1. The summed E-state index contributed by atoms with van der Waals surface area (Å²) in [6.45, 7) is 0. The summed E-state index contributed by atoms with van der Waals surface area (Å²) in [5.41, 5.74) is 26.3. The van der Waals surface area contributed by atoms with E-state index in [2.05, 4.69) is 301 Å². The van der Waals surface area contributed by atoms with Gasteiger partial charge in [-0.1, -0.05) is 231 Å². The van der Waals surface area contributed by atoms with Gasteiger partial charge in [-0.2, -0.15) is 0 Å². The molecule has 0 N–H and O–H groups in total. The molecule has 2 heteroatoms. The van der Waals surface area contributed by atoms with Gasteiger partial charge in [0.25, 0.3) is 0 Å². The molecule has 12 aromatic carbocycles. The van der Waals surface area contributed by atoms with Crippen LogP contribution in [0.5, 0.6) is 0 Å². The Labute approximate surface area is 437 Å². The van der Waals surface area contributed by atoms with Crippen LogP contribution in [-0.2, 0) is 5.41 Å². The molecule has 1 aromatic heterocycles. The first-order valence-corrected chi connectivity index (χ1v) is 26.0. The summed E-state index contributed by atoms with van der Waals surface area (Å²) in [5, 5.41) is 2.54. The first kappa shape index (κ1) is 42.9. The Bertz CT molecular complexity index is 4200. The fraction of sp³-hybridized carbons (Fsp3) is 0.0137. The Kier molecular flexibility index (Phi) is 9.83. The maximum Gasteiger partial charge on any atom is 0.0726 e. The molecule has 2 aliphatic rings. The summed E-state index contributed by atoms with van der Waals surface area (Å²) in [6, 6.07) is 108. The minimum absolute atomic E-state index is 0.468. The lowest BCUT2D eigenvalue weighted by atomic mass is 9.70. The molecular formula is C73H48N2. The van der Waals surface area contributed by atoms with Crippen LogP contribution < -0.4 is 4.90 Å². The largest absolute Gasteiger partial charge is 0.310 e. The molecule has 350 valence electrons. The summed E-state index contributed by atoms with van der Waals surface area (Å²) < 4.78 is 2.37. The van der Waals surface area contributed by atoms with Gasteiger partial charge >= 0.3 is 0 Å². The summed E-state index contributed by atoms with van der Waals surface area (Å²) in [6.07, 6.45) is 0. The molecule has 0 atom stereocenters. The molecule has 0 unspecified atom stereocenters. The van der Waals surface area contributed by atoms with Crippen LogP contribution in [0.4, 0.5) is 17.1 Å². The lowest BCUT2D eigenvalue weighted by Crippen LogP contribution is -2.26. The summed E-state index contributed by atoms with van der Waals surface area (Å²) in [5.74, 6) is 0. The van der Waals surface area contributed by atoms with Crippen molar-refractivity contribution in [3.05, 3.63) is 313 Å². The lowest BCUT2D eigenvalue weighted by Gasteiger charge is -2.33. The van der Waals surface area contributed by atoms with Crippen LogP contribution in [-0.4, -0.2) is 4.57 Å². The van der Waals surface area contributed by atoms with Crippen molar-refractivity contribution in [3.63, 3.8) is 0 Å². The quantitative estimate of drug-likeness (QED) is 0.147. The number of hydrogen-bond acceptors (Lipinski definition) is 1. The molecule has 0 fully saturated rings. The fourth-order valence-corrected chi connectivity index (χ4v) is 12.7. The van der Waals surface area contributed by atoms with Gasteiger partial charge < -0.3 is 9.47 Å². The molecule has 15 rings (SSSR count). The van der Waals surface area contributed by atoms with E-state index in [1.807, 2.05) is 0 Å². The third-order valence-corrected chi connectivity index (χ3v) is 16.1. The van der Waals surface area contributed by atoms with Gasteiger partial charge in [-0.3, -0.25) is 0 Å². The Balaban J connectivity index is 0.843. The number of hydrogen-bond donors (Lipinski definition) is 0. The Hall–Kier alpha value is -9.76. The second-order valence-electron chi connectivity index (χ2n) is 20.0. The lowest BCUT2D eigenvalue weighted by molar-refractivity contribution is 0.793. The second-order valence-corrected chi connectivity index (χ2v) is 20.0. The summed E-state index contributed by atoms with van der Waals surface area (Å²) >= 11 is 0. The molecule has 75 heavy (non-hydrogen) atoms. The zero-order chi connectivity index (χ0) is 49.5. The molecule has 2 aliphatic carbocycles. The van der Waals surface area contributed by atoms with Gasteiger partial charge in [0, 0.05) is 33.4 Å². The van der Waals surface area contributed by atoms with Crippen LogP contribution >= 0.6 is 0 Å². The highest BCUT2D eigenvalue weighted by molar-refractivity contribution is 6.09. The first-order chi connectivity index (χ1) is 37.2. The zero-order valence-corrected chi connectivity index (χ0v) is 41.1. The van der Waals surface area contributed by atoms with Gasteiger partial charge in [-0.05, 0) is 144 Å². The number of fused-ring (bicyclic) bond motifs is 13. The number of benzene rings is 12. The van der Waals surface area contributed by atoms with Gasteiger partial charge in [0.2, 0.25) is 0 Å². The Morgan fingerprint density at radius 3 is 1.20 bits per heavy atom. The normalized spacial score (nSPS) is 12.6. The predicted octanol–water partition coefficient (Wildman–Crippen LogP) is 19.3. The molecule has 13 aromatic rings. The van der Waals surface area contributed by atoms with Gasteiger partial charge in [0.05, 0.1) is 22.1 Å². The molecule has 2 nitrogen and oxygen atoms in total. The minimum Gasteiger partial charge on any atom is -0.310 e. The van der Waals surface area contributed by atoms with Crippen molar-refractivity contribution in [2.24, 2.45) is 0 Å². The summed E-state index contributed by atoms with van der Waals surface area (Å²) in [7, 11) is 0. The van der Waals surface area contributed by atoms with E-state index in [1.54, 1.807) is 0 Å². The van der Waals surface area contributed by atoms with Crippen LogP contribution in [0, 0.1) is 0 Å². The van der Waals surface area contributed by atoms with Gasteiger partial charge in [-0.25, -0.2) is 0 Å². The van der Waals surface area contributed by atoms with Gasteiger partial charge in [0.1, 0.15) is 0 Å². The maximum atomic E-state index is 2.50. The third-order valence-electron chi connectivity index (χ3n) is 16.1. The number of nitrogens with zero attached hydrogens (tertiary/aromatic N) is 2. The van der Waals surface area contributed by atoms with E-state index < -0.39 is 5.41 Å². The number of para-hydroxylation sites is 2. The molecule has 0 amide bonds. The van der Waals surface area contributed by atoms with Crippen molar-refractivity contribution in [2.75, 3.05) is 4.90 Å². The van der Waals surface area contributed by atoms with Crippen LogP contribution in [0.25, 0.3) is 94.3 Å². The molecule has 1 spiro atoms. The van der Waals surface area contributed by atoms with Crippen LogP contribution in [0.1, 0.15) is 22.3 Å². The molecule has 0 radical (unpaired) electrons. The highest BCUT2D eigenvalue weighted by Crippen LogP contribution is 2.63. The van der Waals surface area contributed by atoms with E-state index in [1.165, 1.54) is 94.1 Å². The highest BCUT2D eigenvalue weighted by Gasteiger charge is 2.51. The van der Waals surface area contributed by atoms with E-state index in [4.69, 9.17) is 0 Å². The van der Waals surface area contributed by atoms with E-state index in [9.17, 15) is 0 Å². The Morgan fingerprint density at radius 1 is 0.253 bits per heavy atom. The molecular weight excluding hydrogens is 905 g/mol. The van der Waals surface area contributed by atoms with Crippen LogP contribution in [0.15, 0.2) is 291 Å². The summed E-state index contributed by atoms with van der Waals surface area (Å²) in [4.78, 5) is 2.48. The smallest absolute Gasteiger partial charge is 0.0726 e. The average Bonchev–Trinajstić information content (AvgIpc) is 4.30. The molecule has 0 saturated heterocycles. The number of anilines is 3. The van der Waals surface area contributed by atoms with Crippen molar-refractivity contribution < 1.29 is 0 Å². The zero-order valence-electron chi connectivity index (χ0n) is 41.1. The fourth-order valence-electron chi connectivity index (χ4n) is 12.7. The minimum atomic E-state index is -0.468. The van der Waals surface area contributed by atoms with E-state index >= 15 is 0 Å². The predicted molar refractivity (Wildman–Crippen MR) is 314 cm³/mol. The average molecular weight is 953 g/mol. The van der Waals surface area contributed by atoms with Crippen molar-refractivity contribution in [1.82, 2.24) is 4.57 Å². The van der Waals surface area contributed by atoms with E-state index in [-0.39, 0.29) is 0 Å². The second kappa shape index (κ2) is 17.2. The van der Waals surface area contributed by atoms with Crippen LogP contribution in [0.2, 0.25) is 0 Å². The topological polar surface area (TPSA) is 8.17 Å². The van der Waals surface area contributed by atoms with Gasteiger partial charge in [-0.15, -0.1) is 0 Å². The monoisotopic (exact) mass is 952 g/mol. The van der Waals surface area contributed by atoms with Crippen molar-refractivity contribution in [2.45, 2.75) is 5.41 Å². The molecule has 1 heterocycles. The number of aromatic nitrogens is 1. The number of rotatable bonds is 8. The van der Waals surface area contributed by atoms with Crippen molar-refractivity contribution in [1.29, 1.82) is 0 Å². The Morgan fingerprint density at radius 2 is 0.653 bits per heavy atom. The molecule has 0 aliphatic heterocycles. The first-order valence-electron chi connectivity index (χ1n) is 26.0. The standard InChI is InChI=1S/C73H48N2/c1-3-17-49(18-4-1)55-39-46-72(65(47-55)54-19-5-2-6-20-54)74(58-44-45-62-61-23-9-14-28-68(61)73(69(62)48-58)66-26-12-7-21-59(66)60-22-8-13-27-67(60)73)56-40-35-52(36-41-56)50-31-33-51(34-32-50)53-37-42-57(43-38-53)75-70-29-15-10-24-63(70)64-25-11-16-30-71(64)75/h1-48H. The van der Waals surface area contributed by atoms with Gasteiger partial charge in [0.15, 0.2) is 0 Å². The SMILES string of the molecule is c1ccc(-c2ccc(N(c3ccc(-c4ccc(-c5ccc(-n6c7ccccc7c7ccccc76)cc5)cc4)cc3)c3ccc4c(c3)C3(c5ccccc5-c5ccccc53)c3ccccc3-4)c(-c3ccccc3)c2)cc1. The van der Waals surface area contributed by atoms with E-state index in [0.717, 1.165) is 39.4 Å². The maximum absolute atomic E-state index is 2.50. The molecule has 0 bridgehead atoms. The van der Waals surface area contributed by atoms with Crippen molar-refractivity contribution >= 4 is 38.9 Å². The van der Waals surface area contributed by atoms with Crippen molar-refractivity contribution in [3.8, 4) is 72.4 Å². The third kappa shape index (κ3) is 6.66. The van der Waals surface area contributed by atoms with E-state index in [0.29, 0.717) is 0 Å². The van der Waals surface area contributed by atoms with Crippen LogP contribution in [0.3, 0.4) is 0 Å².